The molecule has 5 nitrogen and oxygen atoms in total. The van der Waals surface area contributed by atoms with Gasteiger partial charge in [-0.3, -0.25) is 4.79 Å². The summed E-state index contributed by atoms with van der Waals surface area (Å²) in [6, 6.07) is 1.64. The van der Waals surface area contributed by atoms with Crippen molar-refractivity contribution in [2.45, 2.75) is 6.92 Å². The van der Waals surface area contributed by atoms with Gasteiger partial charge in [0, 0.05) is 12.4 Å². The molecule has 0 aromatic carbocycles. The summed E-state index contributed by atoms with van der Waals surface area (Å²) in [6.45, 7) is 1.41. The van der Waals surface area contributed by atoms with Crippen molar-refractivity contribution < 1.29 is 4.39 Å². The number of hydrogen-bond acceptors (Lipinski definition) is 4. The third-order valence-electron chi connectivity index (χ3n) is 1.81. The lowest BCUT2D eigenvalue weighted by Gasteiger charge is -1.99. The van der Waals surface area contributed by atoms with E-state index in [2.05, 4.69) is 19.9 Å². The Balaban J connectivity index is 2.61. The second kappa shape index (κ2) is 3.56. The first kappa shape index (κ1) is 9.45. The molecule has 15 heavy (non-hydrogen) atoms. The number of nitrogens with one attached hydrogen (secondary N) is 1. The van der Waals surface area contributed by atoms with Crippen LogP contribution in [0.2, 0.25) is 0 Å². The summed E-state index contributed by atoms with van der Waals surface area (Å²) in [7, 11) is 0. The van der Waals surface area contributed by atoms with Crippen molar-refractivity contribution in [1.29, 1.82) is 0 Å². The molecule has 0 fully saturated rings. The maximum absolute atomic E-state index is 13.0. The maximum Gasteiger partial charge on any atom is 0.287 e. The van der Waals surface area contributed by atoms with Gasteiger partial charge in [-0.05, 0) is 13.0 Å². The zero-order valence-corrected chi connectivity index (χ0v) is 7.86. The second-order valence-corrected chi connectivity index (χ2v) is 2.89. The molecule has 0 aliphatic rings. The molecule has 0 spiro atoms. The molecule has 2 rings (SSSR count). The third kappa shape index (κ3) is 1.74. The molecular weight excluding hydrogens is 199 g/mol. The molecule has 1 N–H and O–H groups in total. The Morgan fingerprint density at radius 3 is 2.60 bits per heavy atom. The summed E-state index contributed by atoms with van der Waals surface area (Å²) in [4.78, 5) is 25.0. The molecule has 0 radical (unpaired) electrons. The van der Waals surface area contributed by atoms with E-state index >= 15 is 0 Å². The zero-order chi connectivity index (χ0) is 10.8. The molecule has 2 aromatic rings. The maximum atomic E-state index is 13.0. The van der Waals surface area contributed by atoms with Gasteiger partial charge in [-0.15, -0.1) is 0 Å². The summed E-state index contributed by atoms with van der Waals surface area (Å²) in [5.41, 5.74) is -0.786. The van der Waals surface area contributed by atoms with Crippen LogP contribution >= 0.6 is 0 Å². The van der Waals surface area contributed by atoms with Gasteiger partial charge in [0.05, 0.1) is 5.69 Å². The molecule has 0 saturated heterocycles. The third-order valence-corrected chi connectivity index (χ3v) is 1.81. The van der Waals surface area contributed by atoms with Gasteiger partial charge in [0.1, 0.15) is 0 Å². The van der Waals surface area contributed by atoms with Crippen LogP contribution in [0.4, 0.5) is 4.39 Å². The Kier molecular flexibility index (Phi) is 2.24. The van der Waals surface area contributed by atoms with E-state index in [0.29, 0.717) is 0 Å². The summed E-state index contributed by atoms with van der Waals surface area (Å²) in [5, 5.41) is 0. The van der Waals surface area contributed by atoms with Crippen molar-refractivity contribution in [2.75, 3.05) is 0 Å². The Morgan fingerprint density at radius 1 is 1.33 bits per heavy atom. The minimum Gasteiger partial charge on any atom is -0.301 e. The molecule has 0 amide bonds. The van der Waals surface area contributed by atoms with Gasteiger partial charge in [0.15, 0.2) is 11.6 Å². The average Bonchev–Trinajstić information content (AvgIpc) is 2.26. The summed E-state index contributed by atoms with van der Waals surface area (Å²) >= 11 is 0. The molecular formula is C9H7FN4O. The van der Waals surface area contributed by atoms with Gasteiger partial charge in [-0.1, -0.05) is 0 Å². The van der Waals surface area contributed by atoms with Gasteiger partial charge in [-0.25, -0.2) is 15.0 Å². The SMILES string of the molecule is Cc1nc(-c2ncccn2)[nH]c(=O)c1F. The number of halogens is 1. The Bertz CT molecular complexity index is 538. The highest BCUT2D eigenvalue weighted by Crippen LogP contribution is 2.06. The van der Waals surface area contributed by atoms with Crippen LogP contribution in [-0.2, 0) is 0 Å². The first-order valence-corrected chi connectivity index (χ1v) is 4.22. The summed E-state index contributed by atoms with van der Waals surface area (Å²) < 4.78 is 13.0. The van der Waals surface area contributed by atoms with Crippen LogP contribution in [0, 0.1) is 12.7 Å². The van der Waals surface area contributed by atoms with E-state index < -0.39 is 11.4 Å². The number of nitrogens with zero attached hydrogens (tertiary/aromatic N) is 3. The first-order chi connectivity index (χ1) is 7.18. The zero-order valence-electron chi connectivity index (χ0n) is 7.86. The molecule has 0 atom stereocenters. The highest BCUT2D eigenvalue weighted by Gasteiger charge is 2.09. The predicted octanol–water partition coefficient (Wildman–Crippen LogP) is 0.674. The molecule has 76 valence electrons. The van der Waals surface area contributed by atoms with Crippen molar-refractivity contribution in [3.8, 4) is 11.6 Å². The Morgan fingerprint density at radius 2 is 2.00 bits per heavy atom. The molecule has 6 heteroatoms. The number of rotatable bonds is 1. The number of aromatic amines is 1. The number of H-pyrrole nitrogens is 1. The largest absolute Gasteiger partial charge is 0.301 e. The van der Waals surface area contributed by atoms with Crippen molar-refractivity contribution in [2.24, 2.45) is 0 Å². The van der Waals surface area contributed by atoms with Crippen LogP contribution < -0.4 is 5.56 Å². The monoisotopic (exact) mass is 206 g/mol. The van der Waals surface area contributed by atoms with E-state index in [1.165, 1.54) is 19.3 Å². The molecule has 2 heterocycles. The topological polar surface area (TPSA) is 71.5 Å². The summed E-state index contributed by atoms with van der Waals surface area (Å²) in [5.74, 6) is -0.452. The van der Waals surface area contributed by atoms with Crippen molar-refractivity contribution in [3.05, 3.63) is 40.3 Å². The highest BCUT2D eigenvalue weighted by molar-refractivity contribution is 5.41. The predicted molar refractivity (Wildman–Crippen MR) is 50.6 cm³/mol. The van der Waals surface area contributed by atoms with Crippen molar-refractivity contribution >= 4 is 0 Å². The minimum atomic E-state index is -0.880. The fourth-order valence-electron chi connectivity index (χ4n) is 1.10. The highest BCUT2D eigenvalue weighted by atomic mass is 19.1. The van der Waals surface area contributed by atoms with Gasteiger partial charge in [-0.2, -0.15) is 4.39 Å². The van der Waals surface area contributed by atoms with Crippen LogP contribution in [-0.4, -0.2) is 19.9 Å². The second-order valence-electron chi connectivity index (χ2n) is 2.89. The lowest BCUT2D eigenvalue weighted by Crippen LogP contribution is -2.16. The normalized spacial score (nSPS) is 10.3. The fourth-order valence-corrected chi connectivity index (χ4v) is 1.10. The van der Waals surface area contributed by atoms with Crippen molar-refractivity contribution in [3.63, 3.8) is 0 Å². The molecule has 0 aliphatic carbocycles. The number of aryl methyl sites for hydroxylation is 1. The van der Waals surface area contributed by atoms with Crippen LogP contribution in [0.3, 0.4) is 0 Å². The van der Waals surface area contributed by atoms with Crippen LogP contribution in [0.1, 0.15) is 5.69 Å². The van der Waals surface area contributed by atoms with E-state index in [1.54, 1.807) is 6.07 Å². The lowest BCUT2D eigenvalue weighted by molar-refractivity contribution is 0.589. The molecule has 0 bridgehead atoms. The fraction of sp³-hybridized carbons (Fsp3) is 0.111. The summed E-state index contributed by atoms with van der Waals surface area (Å²) in [6.07, 6.45) is 3.03. The van der Waals surface area contributed by atoms with Gasteiger partial charge < -0.3 is 4.98 Å². The van der Waals surface area contributed by atoms with Crippen molar-refractivity contribution in [1.82, 2.24) is 19.9 Å². The first-order valence-electron chi connectivity index (χ1n) is 4.22. The van der Waals surface area contributed by atoms with Crippen LogP contribution in [0.25, 0.3) is 11.6 Å². The number of aromatic nitrogens is 4. The molecule has 0 unspecified atom stereocenters. The van der Waals surface area contributed by atoms with E-state index in [1.807, 2.05) is 0 Å². The average molecular weight is 206 g/mol. The molecule has 2 aromatic heterocycles. The Labute approximate surface area is 84.1 Å². The van der Waals surface area contributed by atoms with Gasteiger partial charge >= 0.3 is 0 Å². The number of hydrogen-bond donors (Lipinski definition) is 1. The van der Waals surface area contributed by atoms with E-state index in [9.17, 15) is 9.18 Å². The minimum absolute atomic E-state index is 0.0289. The quantitative estimate of drug-likeness (QED) is 0.744. The standard InChI is InChI=1S/C9H7FN4O/c1-5-6(10)9(15)14-8(13-5)7-11-3-2-4-12-7/h2-4H,1H3,(H,13,14,15). The molecule has 0 saturated carbocycles. The Hall–Kier alpha value is -2.11. The van der Waals surface area contributed by atoms with Gasteiger partial charge in [0.2, 0.25) is 5.82 Å². The van der Waals surface area contributed by atoms with E-state index in [0.717, 1.165) is 0 Å². The van der Waals surface area contributed by atoms with Crippen LogP contribution in [0.15, 0.2) is 23.3 Å². The smallest absolute Gasteiger partial charge is 0.287 e. The van der Waals surface area contributed by atoms with E-state index in [4.69, 9.17) is 0 Å². The lowest BCUT2D eigenvalue weighted by atomic mass is 10.4. The van der Waals surface area contributed by atoms with E-state index in [-0.39, 0.29) is 17.3 Å². The molecule has 0 aliphatic heterocycles. The van der Waals surface area contributed by atoms with Gasteiger partial charge in [0.25, 0.3) is 5.56 Å². The van der Waals surface area contributed by atoms with Crippen LogP contribution in [0.5, 0.6) is 0 Å².